The number of para-hydroxylation sites is 1. The molecule has 28 heavy (non-hydrogen) atoms. The molecule has 1 amide bonds. The van der Waals surface area contributed by atoms with E-state index in [1.165, 1.54) is 11.0 Å². The summed E-state index contributed by atoms with van der Waals surface area (Å²) in [5.41, 5.74) is 2.95. The smallest absolute Gasteiger partial charge is 0.241 e. The van der Waals surface area contributed by atoms with Crippen LogP contribution in [0.3, 0.4) is 0 Å². The normalized spacial score (nSPS) is 12.2. The van der Waals surface area contributed by atoms with Crippen LogP contribution >= 0.6 is 23.2 Å². The molecule has 0 fully saturated rings. The zero-order valence-electron chi connectivity index (χ0n) is 14.6. The topological polar surface area (TPSA) is 88.5 Å². The van der Waals surface area contributed by atoms with E-state index in [2.05, 4.69) is 25.8 Å². The van der Waals surface area contributed by atoms with Gasteiger partial charge in [-0.15, -0.1) is 5.10 Å². The van der Waals surface area contributed by atoms with Crippen molar-refractivity contribution in [2.75, 3.05) is 6.54 Å². The molecule has 2 N–H and O–H groups in total. The van der Waals surface area contributed by atoms with Gasteiger partial charge in [0.2, 0.25) is 5.91 Å². The monoisotopic (exact) mass is 414 g/mol. The van der Waals surface area contributed by atoms with E-state index in [0.717, 1.165) is 22.0 Å². The molecule has 4 aromatic rings. The average Bonchev–Trinajstić information content (AvgIpc) is 3.33. The lowest BCUT2D eigenvalue weighted by Crippen LogP contribution is -2.32. The Bertz CT molecular complexity index is 1110. The highest BCUT2D eigenvalue weighted by molar-refractivity contribution is 6.35. The summed E-state index contributed by atoms with van der Waals surface area (Å²) in [6, 6.07) is 13.4. The lowest BCUT2D eigenvalue weighted by Gasteiger charge is -2.19. The van der Waals surface area contributed by atoms with Crippen molar-refractivity contribution >= 4 is 40.0 Å². The number of aromatic amines is 1. The third kappa shape index (κ3) is 3.85. The molecule has 0 radical (unpaired) electrons. The first-order valence-electron chi connectivity index (χ1n) is 8.60. The minimum Gasteiger partial charge on any atom is -0.361 e. The molecule has 7 nitrogen and oxygen atoms in total. The van der Waals surface area contributed by atoms with E-state index < -0.39 is 0 Å². The SMILES string of the molecule is O=C(Cn1cnnn1)NCC(c1ccc(Cl)cc1Cl)c1c[nH]c2ccccc12. The van der Waals surface area contributed by atoms with Crippen molar-refractivity contribution in [1.82, 2.24) is 30.5 Å². The molecule has 4 rings (SSSR count). The summed E-state index contributed by atoms with van der Waals surface area (Å²) in [6.07, 6.45) is 3.35. The molecule has 1 unspecified atom stereocenters. The van der Waals surface area contributed by atoms with Crippen LogP contribution in [0.15, 0.2) is 55.0 Å². The van der Waals surface area contributed by atoms with Crippen LogP contribution in [0.5, 0.6) is 0 Å². The molecule has 0 saturated heterocycles. The number of benzene rings is 2. The quantitative estimate of drug-likeness (QED) is 0.505. The molecule has 0 aliphatic carbocycles. The lowest BCUT2D eigenvalue weighted by molar-refractivity contribution is -0.121. The third-order valence-corrected chi connectivity index (χ3v) is 5.10. The number of carbonyl (C=O) groups is 1. The summed E-state index contributed by atoms with van der Waals surface area (Å²) in [5.74, 6) is -0.346. The first-order chi connectivity index (χ1) is 13.6. The fourth-order valence-corrected chi connectivity index (χ4v) is 3.77. The maximum Gasteiger partial charge on any atom is 0.241 e. The van der Waals surface area contributed by atoms with Crippen molar-refractivity contribution in [3.63, 3.8) is 0 Å². The molecule has 0 aliphatic rings. The van der Waals surface area contributed by atoms with Crippen LogP contribution in [0.25, 0.3) is 10.9 Å². The summed E-state index contributed by atoms with van der Waals surface area (Å²) in [4.78, 5) is 15.6. The first kappa shape index (κ1) is 18.5. The zero-order chi connectivity index (χ0) is 19.5. The molecule has 9 heteroatoms. The van der Waals surface area contributed by atoms with E-state index in [0.29, 0.717) is 16.6 Å². The summed E-state index contributed by atoms with van der Waals surface area (Å²) < 4.78 is 1.37. The van der Waals surface area contributed by atoms with Crippen molar-refractivity contribution in [2.24, 2.45) is 0 Å². The number of amides is 1. The number of tetrazole rings is 1. The molecular weight excluding hydrogens is 399 g/mol. The molecular formula is C19H16Cl2N6O. The first-order valence-corrected chi connectivity index (χ1v) is 9.36. The Morgan fingerprint density at radius 3 is 2.82 bits per heavy atom. The molecule has 0 bridgehead atoms. The van der Waals surface area contributed by atoms with Gasteiger partial charge in [0.05, 0.1) is 0 Å². The maximum absolute atomic E-state index is 12.3. The Balaban J connectivity index is 1.64. The number of hydrogen-bond donors (Lipinski definition) is 2. The Kier molecular flexibility index (Phi) is 5.27. The van der Waals surface area contributed by atoms with E-state index in [1.54, 1.807) is 12.1 Å². The van der Waals surface area contributed by atoms with Crippen molar-refractivity contribution in [3.05, 3.63) is 76.2 Å². The minimum absolute atomic E-state index is 0.0436. The molecule has 0 spiro atoms. The Hall–Kier alpha value is -2.90. The van der Waals surface area contributed by atoms with Crippen LogP contribution in [0, 0.1) is 0 Å². The summed E-state index contributed by atoms with van der Waals surface area (Å²) in [5, 5.41) is 15.9. The number of rotatable bonds is 6. The summed E-state index contributed by atoms with van der Waals surface area (Å²) in [6.45, 7) is 0.409. The highest BCUT2D eigenvalue weighted by Crippen LogP contribution is 2.35. The molecule has 2 heterocycles. The number of nitrogens with one attached hydrogen (secondary N) is 2. The Morgan fingerprint density at radius 1 is 1.18 bits per heavy atom. The summed E-state index contributed by atoms with van der Waals surface area (Å²) in [7, 11) is 0. The fraction of sp³-hybridized carbons (Fsp3) is 0.158. The third-order valence-electron chi connectivity index (χ3n) is 4.53. The van der Waals surface area contributed by atoms with E-state index in [-0.39, 0.29) is 18.4 Å². The van der Waals surface area contributed by atoms with Crippen LogP contribution < -0.4 is 5.32 Å². The van der Waals surface area contributed by atoms with Crippen molar-refractivity contribution < 1.29 is 4.79 Å². The van der Waals surface area contributed by atoms with Crippen LogP contribution in [-0.2, 0) is 11.3 Å². The van der Waals surface area contributed by atoms with Gasteiger partial charge >= 0.3 is 0 Å². The standard InChI is InChI=1S/C19H16Cl2N6O/c20-12-5-6-13(17(21)7-12)15(9-23-19(28)10-27-11-24-25-26-27)16-8-22-18-4-2-1-3-14(16)18/h1-8,11,15,22H,9-10H2,(H,23,28). The second-order valence-electron chi connectivity index (χ2n) is 6.32. The Labute approximate surface area is 170 Å². The van der Waals surface area contributed by atoms with Gasteiger partial charge in [0, 0.05) is 39.6 Å². The van der Waals surface area contributed by atoms with Gasteiger partial charge in [-0.3, -0.25) is 4.79 Å². The maximum atomic E-state index is 12.3. The highest BCUT2D eigenvalue weighted by Gasteiger charge is 2.21. The second kappa shape index (κ2) is 8.00. The van der Waals surface area contributed by atoms with Gasteiger partial charge in [0.15, 0.2) is 0 Å². The molecule has 1 atom stereocenters. The molecule has 2 aromatic carbocycles. The van der Waals surface area contributed by atoms with Gasteiger partial charge in [0.25, 0.3) is 0 Å². The number of H-pyrrole nitrogens is 1. The summed E-state index contributed by atoms with van der Waals surface area (Å²) >= 11 is 12.6. The number of hydrogen-bond acceptors (Lipinski definition) is 4. The van der Waals surface area contributed by atoms with E-state index >= 15 is 0 Å². The largest absolute Gasteiger partial charge is 0.361 e. The molecule has 142 valence electrons. The lowest BCUT2D eigenvalue weighted by atomic mass is 9.90. The molecule has 0 aliphatic heterocycles. The Morgan fingerprint density at radius 2 is 2.04 bits per heavy atom. The van der Waals surface area contributed by atoms with Crippen LogP contribution in [0.1, 0.15) is 17.0 Å². The van der Waals surface area contributed by atoms with Crippen LogP contribution in [0.2, 0.25) is 10.0 Å². The minimum atomic E-state index is -0.192. The highest BCUT2D eigenvalue weighted by atomic mass is 35.5. The van der Waals surface area contributed by atoms with Gasteiger partial charge in [-0.05, 0) is 39.8 Å². The van der Waals surface area contributed by atoms with Crippen LogP contribution in [0.4, 0.5) is 0 Å². The number of fused-ring (bicyclic) bond motifs is 1. The average molecular weight is 415 g/mol. The predicted molar refractivity (Wildman–Crippen MR) is 107 cm³/mol. The van der Waals surface area contributed by atoms with Gasteiger partial charge < -0.3 is 10.3 Å². The molecule has 2 aromatic heterocycles. The van der Waals surface area contributed by atoms with E-state index in [1.807, 2.05) is 36.5 Å². The number of carbonyl (C=O) groups excluding carboxylic acids is 1. The fourth-order valence-electron chi connectivity index (χ4n) is 3.23. The number of aromatic nitrogens is 5. The van der Waals surface area contributed by atoms with E-state index in [9.17, 15) is 4.79 Å². The van der Waals surface area contributed by atoms with Crippen molar-refractivity contribution in [1.29, 1.82) is 0 Å². The second-order valence-corrected chi connectivity index (χ2v) is 7.16. The van der Waals surface area contributed by atoms with E-state index in [4.69, 9.17) is 23.2 Å². The van der Waals surface area contributed by atoms with Crippen molar-refractivity contribution in [3.8, 4) is 0 Å². The van der Waals surface area contributed by atoms with Gasteiger partial charge in [-0.2, -0.15) is 0 Å². The van der Waals surface area contributed by atoms with Gasteiger partial charge in [0.1, 0.15) is 12.9 Å². The van der Waals surface area contributed by atoms with Crippen molar-refractivity contribution in [2.45, 2.75) is 12.5 Å². The van der Waals surface area contributed by atoms with Gasteiger partial charge in [-0.1, -0.05) is 47.5 Å². The van der Waals surface area contributed by atoms with Crippen LogP contribution in [-0.4, -0.2) is 37.6 Å². The van der Waals surface area contributed by atoms with Gasteiger partial charge in [-0.25, -0.2) is 4.68 Å². The molecule has 0 saturated carbocycles. The zero-order valence-corrected chi connectivity index (χ0v) is 16.2. The predicted octanol–water partition coefficient (Wildman–Crippen LogP) is 3.41. The number of halogens is 2. The number of nitrogens with zero attached hydrogens (tertiary/aromatic N) is 4.